The van der Waals surface area contributed by atoms with E-state index in [1.165, 1.54) is 0 Å². The van der Waals surface area contributed by atoms with Gasteiger partial charge in [0.15, 0.2) is 17.6 Å². The second-order valence-corrected chi connectivity index (χ2v) is 7.98. The Morgan fingerprint density at radius 1 is 1.00 bits per heavy atom. The molecule has 0 radical (unpaired) electrons. The number of amides is 1. The maximum Gasteiger partial charge on any atom is 0.344 e. The fourth-order valence-corrected chi connectivity index (χ4v) is 4.42. The van der Waals surface area contributed by atoms with Crippen LogP contribution in [0.25, 0.3) is 11.0 Å². The molecule has 1 amide bonds. The van der Waals surface area contributed by atoms with Gasteiger partial charge < -0.3 is 28.7 Å². The van der Waals surface area contributed by atoms with Gasteiger partial charge in [0.2, 0.25) is 6.79 Å². The van der Waals surface area contributed by atoms with Crippen LogP contribution >= 0.6 is 0 Å². The van der Waals surface area contributed by atoms with Gasteiger partial charge in [0.1, 0.15) is 17.1 Å². The monoisotopic (exact) mass is 457 g/mol. The molecule has 0 saturated carbocycles. The van der Waals surface area contributed by atoms with E-state index in [9.17, 15) is 9.59 Å². The number of hydrogen-bond acceptors (Lipinski definition) is 7. The summed E-state index contributed by atoms with van der Waals surface area (Å²) in [6.07, 6.45) is -1.01. The van der Waals surface area contributed by atoms with Crippen LogP contribution in [0.15, 0.2) is 75.9 Å². The third-order valence-corrected chi connectivity index (χ3v) is 6.03. The van der Waals surface area contributed by atoms with Crippen molar-refractivity contribution in [2.24, 2.45) is 0 Å². The van der Waals surface area contributed by atoms with Gasteiger partial charge in [0.05, 0.1) is 24.0 Å². The van der Waals surface area contributed by atoms with E-state index in [1.54, 1.807) is 67.8 Å². The third-order valence-electron chi connectivity index (χ3n) is 6.03. The molecule has 2 aliphatic heterocycles. The average molecular weight is 457 g/mol. The maximum atomic E-state index is 13.4. The standard InChI is InChI=1S/C26H19NO7/c1-30-16-9-7-15(8-10-16)27-25(28)24-21(14-6-11-19-20(12-14)32-13-31-19)22-23(34-24)17-4-2-3-5-18(17)33-26(22)29/h2-12,21,24H,13H2,1H3,(H,27,28)/t21-,24+/m0/s1. The van der Waals surface area contributed by atoms with Crippen LogP contribution in [-0.2, 0) is 4.79 Å². The maximum absolute atomic E-state index is 13.4. The van der Waals surface area contributed by atoms with Crippen LogP contribution in [0.3, 0.4) is 0 Å². The van der Waals surface area contributed by atoms with Gasteiger partial charge in [0.25, 0.3) is 5.91 Å². The Bertz CT molecular complexity index is 1480. The molecule has 0 bridgehead atoms. The van der Waals surface area contributed by atoms with Crippen molar-refractivity contribution in [1.29, 1.82) is 0 Å². The molecule has 6 rings (SSSR count). The number of fused-ring (bicyclic) bond motifs is 4. The van der Waals surface area contributed by atoms with Crippen molar-refractivity contribution in [1.82, 2.24) is 0 Å². The van der Waals surface area contributed by atoms with E-state index in [0.717, 1.165) is 0 Å². The van der Waals surface area contributed by atoms with Gasteiger partial charge >= 0.3 is 5.63 Å². The van der Waals surface area contributed by atoms with E-state index in [1.807, 2.05) is 6.07 Å². The van der Waals surface area contributed by atoms with E-state index >= 15 is 0 Å². The van der Waals surface area contributed by atoms with Crippen molar-refractivity contribution < 1.29 is 28.2 Å². The summed E-state index contributed by atoms with van der Waals surface area (Å²) in [5.74, 6) is 1.07. The third kappa shape index (κ3) is 3.23. The first-order valence-corrected chi connectivity index (χ1v) is 10.7. The molecule has 0 saturated heterocycles. The second kappa shape index (κ2) is 7.84. The summed E-state index contributed by atoms with van der Waals surface area (Å²) in [6.45, 7) is 0.116. The SMILES string of the molecule is COc1ccc(NC(=O)[C@@H]2Oc3c(c(=O)oc4ccccc34)[C@@H]2c2ccc3c(c2)OCO3)cc1. The first-order valence-electron chi connectivity index (χ1n) is 10.7. The number of carbonyl (C=O) groups excluding carboxylic acids is 1. The largest absolute Gasteiger partial charge is 0.497 e. The summed E-state index contributed by atoms with van der Waals surface area (Å²) < 4.78 is 27.9. The molecule has 3 heterocycles. The van der Waals surface area contributed by atoms with E-state index in [4.69, 9.17) is 23.4 Å². The minimum atomic E-state index is -1.01. The first kappa shape index (κ1) is 20.2. The van der Waals surface area contributed by atoms with Crippen LogP contribution in [0, 0.1) is 0 Å². The number of ether oxygens (including phenoxy) is 4. The molecule has 1 N–H and O–H groups in total. The van der Waals surface area contributed by atoms with Crippen molar-refractivity contribution >= 4 is 22.6 Å². The van der Waals surface area contributed by atoms with Crippen LogP contribution in [-0.4, -0.2) is 25.9 Å². The predicted molar refractivity (Wildman–Crippen MR) is 123 cm³/mol. The number of benzene rings is 3. The Labute approximate surface area is 193 Å². The number of carbonyl (C=O) groups is 1. The van der Waals surface area contributed by atoms with Crippen LogP contribution in [0.1, 0.15) is 17.0 Å². The molecule has 4 aromatic rings. The molecular formula is C26H19NO7. The van der Waals surface area contributed by atoms with E-state index in [0.29, 0.717) is 50.8 Å². The lowest BCUT2D eigenvalue weighted by Crippen LogP contribution is -2.35. The number of rotatable bonds is 4. The molecule has 2 aliphatic rings. The van der Waals surface area contributed by atoms with Crippen molar-refractivity contribution in [3.63, 3.8) is 0 Å². The second-order valence-electron chi connectivity index (χ2n) is 7.98. The molecule has 2 atom stereocenters. The van der Waals surface area contributed by atoms with Crippen molar-refractivity contribution in [2.45, 2.75) is 12.0 Å². The molecule has 170 valence electrons. The molecule has 0 fully saturated rings. The number of para-hydroxylation sites is 1. The highest BCUT2D eigenvalue weighted by Gasteiger charge is 2.44. The van der Waals surface area contributed by atoms with Crippen LogP contribution in [0.4, 0.5) is 5.69 Å². The smallest absolute Gasteiger partial charge is 0.344 e. The lowest BCUT2D eigenvalue weighted by Gasteiger charge is -2.19. The van der Waals surface area contributed by atoms with Crippen LogP contribution < -0.4 is 29.9 Å². The molecule has 0 unspecified atom stereocenters. The summed E-state index contributed by atoms with van der Waals surface area (Å²) in [5.41, 5.74) is 1.41. The number of methoxy groups -OCH3 is 1. The van der Waals surface area contributed by atoms with Crippen LogP contribution in [0.5, 0.6) is 23.0 Å². The van der Waals surface area contributed by atoms with Crippen LogP contribution in [0.2, 0.25) is 0 Å². The lowest BCUT2D eigenvalue weighted by molar-refractivity contribution is -0.122. The van der Waals surface area contributed by atoms with Gasteiger partial charge in [-0.05, 0) is 54.1 Å². The Morgan fingerprint density at radius 3 is 2.62 bits per heavy atom. The molecule has 3 aromatic carbocycles. The van der Waals surface area contributed by atoms with E-state index in [-0.39, 0.29) is 6.79 Å². The highest BCUT2D eigenvalue weighted by atomic mass is 16.7. The zero-order valence-corrected chi connectivity index (χ0v) is 18.1. The fourth-order valence-electron chi connectivity index (χ4n) is 4.42. The van der Waals surface area contributed by atoms with Gasteiger partial charge in [0, 0.05) is 5.69 Å². The topological polar surface area (TPSA) is 96.2 Å². The molecule has 1 aromatic heterocycles. The molecule has 8 nitrogen and oxygen atoms in total. The summed E-state index contributed by atoms with van der Waals surface area (Å²) >= 11 is 0. The van der Waals surface area contributed by atoms with E-state index < -0.39 is 23.6 Å². The Kier molecular flexibility index (Phi) is 4.65. The first-order chi connectivity index (χ1) is 16.6. The quantitative estimate of drug-likeness (QED) is 0.462. The van der Waals surface area contributed by atoms with Crippen molar-refractivity contribution in [2.75, 3.05) is 19.2 Å². The van der Waals surface area contributed by atoms with Gasteiger partial charge in [-0.3, -0.25) is 4.79 Å². The number of anilines is 1. The zero-order valence-electron chi connectivity index (χ0n) is 18.1. The Hall–Kier alpha value is -4.46. The van der Waals surface area contributed by atoms with Crippen molar-refractivity contribution in [3.8, 4) is 23.0 Å². The van der Waals surface area contributed by atoms with Crippen molar-refractivity contribution in [3.05, 3.63) is 88.3 Å². The predicted octanol–water partition coefficient (Wildman–Crippen LogP) is 4.06. The summed E-state index contributed by atoms with van der Waals surface area (Å²) in [5, 5.41) is 3.51. The van der Waals surface area contributed by atoms with Gasteiger partial charge in [-0.15, -0.1) is 0 Å². The Balaban J connectivity index is 1.45. The minimum Gasteiger partial charge on any atom is -0.497 e. The average Bonchev–Trinajstić information content (AvgIpc) is 3.49. The zero-order chi connectivity index (χ0) is 23.2. The molecule has 8 heteroatoms. The number of nitrogens with one attached hydrogen (secondary N) is 1. The molecule has 0 spiro atoms. The highest BCUT2D eigenvalue weighted by Crippen LogP contribution is 2.46. The number of hydrogen-bond donors (Lipinski definition) is 1. The normalized spacial score (nSPS) is 17.8. The summed E-state index contributed by atoms with van der Waals surface area (Å²) in [7, 11) is 1.57. The lowest BCUT2D eigenvalue weighted by atomic mass is 9.88. The van der Waals surface area contributed by atoms with Gasteiger partial charge in [-0.1, -0.05) is 18.2 Å². The summed E-state index contributed by atoms with van der Waals surface area (Å²) in [4.78, 5) is 26.5. The summed E-state index contributed by atoms with van der Waals surface area (Å²) in [6, 6.07) is 19.4. The molecular weight excluding hydrogens is 438 g/mol. The fraction of sp³-hybridized carbons (Fsp3) is 0.154. The van der Waals surface area contributed by atoms with E-state index in [2.05, 4.69) is 5.32 Å². The van der Waals surface area contributed by atoms with Gasteiger partial charge in [-0.2, -0.15) is 0 Å². The van der Waals surface area contributed by atoms with Gasteiger partial charge in [-0.25, -0.2) is 4.79 Å². The molecule has 34 heavy (non-hydrogen) atoms. The minimum absolute atomic E-state index is 0.116. The molecule has 0 aliphatic carbocycles. The highest BCUT2D eigenvalue weighted by molar-refractivity contribution is 5.97. The Morgan fingerprint density at radius 2 is 1.79 bits per heavy atom.